The number of amides is 2. The van der Waals surface area contributed by atoms with Crippen LogP contribution in [-0.2, 0) is 0 Å². The summed E-state index contributed by atoms with van der Waals surface area (Å²) < 4.78 is 0. The minimum atomic E-state index is -0.217. The minimum absolute atomic E-state index is 0.178. The molecule has 5 nitrogen and oxygen atoms in total. The van der Waals surface area contributed by atoms with Gasteiger partial charge in [-0.3, -0.25) is 5.32 Å². The Hall–Kier alpha value is -1.58. The van der Waals surface area contributed by atoms with E-state index in [0.717, 1.165) is 17.7 Å². The lowest BCUT2D eigenvalue weighted by atomic mass is 9.93. The lowest BCUT2D eigenvalue weighted by Gasteiger charge is -2.26. The van der Waals surface area contributed by atoms with Gasteiger partial charge in [-0.05, 0) is 19.3 Å². The largest absolute Gasteiger partial charge is 0.384 e. The van der Waals surface area contributed by atoms with Crippen LogP contribution in [0.5, 0.6) is 0 Å². The number of nitrogens with one attached hydrogen (secondary N) is 2. The zero-order valence-electron chi connectivity index (χ0n) is 9.19. The topological polar surface area (TPSA) is 74.2 Å². The number of anilines is 1. The lowest BCUT2D eigenvalue weighted by molar-refractivity contribution is 0.240. The Bertz CT molecular complexity index is 457. The van der Waals surface area contributed by atoms with Crippen LogP contribution in [0.25, 0.3) is 0 Å². The van der Waals surface area contributed by atoms with Gasteiger partial charge < -0.3 is 10.4 Å². The molecule has 1 aromatic heterocycles. The first-order valence-electron chi connectivity index (χ1n) is 5.41. The number of aromatic nitrogens is 1. The molecular weight excluding hydrogens is 238 g/mol. The van der Waals surface area contributed by atoms with Gasteiger partial charge in [0, 0.05) is 6.04 Å². The van der Waals surface area contributed by atoms with Crippen molar-refractivity contribution in [3.05, 3.63) is 11.1 Å². The van der Waals surface area contributed by atoms with Crippen LogP contribution in [0.15, 0.2) is 6.20 Å². The maximum atomic E-state index is 11.5. The van der Waals surface area contributed by atoms with Crippen LogP contribution < -0.4 is 10.6 Å². The van der Waals surface area contributed by atoms with Crippen molar-refractivity contribution in [3.8, 4) is 11.8 Å². The number of urea groups is 1. The van der Waals surface area contributed by atoms with Gasteiger partial charge >= 0.3 is 6.03 Å². The summed E-state index contributed by atoms with van der Waals surface area (Å²) in [5, 5.41) is 14.6. The summed E-state index contributed by atoms with van der Waals surface area (Å²) >= 11 is 1.29. The summed E-state index contributed by atoms with van der Waals surface area (Å²) in [5.74, 6) is 5.26. The molecule has 0 bridgehead atoms. The average Bonchev–Trinajstić information content (AvgIpc) is 2.68. The number of carbonyl (C=O) groups is 1. The third-order valence-corrected chi connectivity index (χ3v) is 3.29. The normalized spacial score (nSPS) is 14.4. The molecular formula is C11H13N3O2S. The van der Waals surface area contributed by atoms with Gasteiger partial charge in [-0.15, -0.1) is 0 Å². The second kappa shape index (κ2) is 5.66. The standard InChI is InChI=1S/C11H13N3O2S/c15-6-2-5-9-7-12-11(17-9)14-10(16)13-8-3-1-4-8/h7-8,15H,1,3-4,6H2,(H2,12,13,14,16). The summed E-state index contributed by atoms with van der Waals surface area (Å²) in [4.78, 5) is 16.3. The molecule has 0 aliphatic heterocycles. The predicted octanol–water partition coefficient (Wildman–Crippen LogP) is 1.16. The van der Waals surface area contributed by atoms with Crippen molar-refractivity contribution in [2.75, 3.05) is 11.9 Å². The highest BCUT2D eigenvalue weighted by atomic mass is 32.1. The van der Waals surface area contributed by atoms with E-state index in [-0.39, 0.29) is 12.6 Å². The monoisotopic (exact) mass is 251 g/mol. The number of hydrogen-bond acceptors (Lipinski definition) is 4. The number of carbonyl (C=O) groups excluding carboxylic acids is 1. The highest BCUT2D eigenvalue weighted by molar-refractivity contribution is 7.16. The predicted molar refractivity (Wildman–Crippen MR) is 65.9 cm³/mol. The highest BCUT2D eigenvalue weighted by Gasteiger charge is 2.19. The van der Waals surface area contributed by atoms with E-state index in [2.05, 4.69) is 27.5 Å². The molecule has 2 amide bonds. The quantitative estimate of drug-likeness (QED) is 0.690. The lowest BCUT2D eigenvalue weighted by Crippen LogP contribution is -2.41. The molecule has 1 fully saturated rings. The zero-order valence-corrected chi connectivity index (χ0v) is 10.0. The van der Waals surface area contributed by atoms with Crippen molar-refractivity contribution in [2.24, 2.45) is 0 Å². The van der Waals surface area contributed by atoms with Crippen molar-refractivity contribution in [3.63, 3.8) is 0 Å². The smallest absolute Gasteiger partial charge is 0.321 e. The fraction of sp³-hybridized carbons (Fsp3) is 0.455. The van der Waals surface area contributed by atoms with Crippen LogP contribution in [-0.4, -0.2) is 28.8 Å². The van der Waals surface area contributed by atoms with E-state index >= 15 is 0 Å². The molecule has 0 radical (unpaired) electrons. The van der Waals surface area contributed by atoms with Gasteiger partial charge in [0.25, 0.3) is 0 Å². The Balaban J connectivity index is 1.85. The Morgan fingerprint density at radius 1 is 1.65 bits per heavy atom. The summed E-state index contributed by atoms with van der Waals surface area (Å²) in [7, 11) is 0. The molecule has 90 valence electrons. The maximum absolute atomic E-state index is 11.5. The summed E-state index contributed by atoms with van der Waals surface area (Å²) in [6, 6.07) is 0.0920. The minimum Gasteiger partial charge on any atom is -0.384 e. The molecule has 0 aromatic carbocycles. The molecule has 0 unspecified atom stereocenters. The zero-order chi connectivity index (χ0) is 12.1. The van der Waals surface area contributed by atoms with Gasteiger partial charge in [0.1, 0.15) is 6.61 Å². The molecule has 2 rings (SSSR count). The first kappa shape index (κ1) is 11.9. The highest BCUT2D eigenvalue weighted by Crippen LogP contribution is 2.19. The molecule has 0 spiro atoms. The fourth-order valence-electron chi connectivity index (χ4n) is 1.39. The molecule has 3 N–H and O–H groups in total. The Morgan fingerprint density at radius 3 is 3.12 bits per heavy atom. The van der Waals surface area contributed by atoms with E-state index < -0.39 is 0 Å². The van der Waals surface area contributed by atoms with E-state index in [0.29, 0.717) is 11.2 Å². The number of nitrogens with zero attached hydrogens (tertiary/aromatic N) is 1. The van der Waals surface area contributed by atoms with Gasteiger partial charge in [-0.2, -0.15) is 0 Å². The first-order chi connectivity index (χ1) is 8.28. The van der Waals surface area contributed by atoms with Crippen molar-refractivity contribution in [1.82, 2.24) is 10.3 Å². The first-order valence-corrected chi connectivity index (χ1v) is 6.22. The molecule has 6 heteroatoms. The van der Waals surface area contributed by atoms with Crippen LogP contribution in [0.3, 0.4) is 0 Å². The molecule has 17 heavy (non-hydrogen) atoms. The van der Waals surface area contributed by atoms with E-state index in [1.807, 2.05) is 0 Å². The van der Waals surface area contributed by atoms with Crippen LogP contribution in [0.1, 0.15) is 24.1 Å². The van der Waals surface area contributed by atoms with Crippen molar-refractivity contribution < 1.29 is 9.90 Å². The molecule has 0 atom stereocenters. The number of aliphatic hydroxyl groups excluding tert-OH is 1. The Labute approximate surface area is 103 Å². The third-order valence-electron chi connectivity index (χ3n) is 2.46. The Kier molecular flexibility index (Phi) is 3.96. The SMILES string of the molecule is O=C(Nc1ncc(C#CCO)s1)NC1CCC1. The van der Waals surface area contributed by atoms with Gasteiger partial charge in [0.15, 0.2) is 5.13 Å². The number of hydrogen-bond donors (Lipinski definition) is 3. The van der Waals surface area contributed by atoms with Gasteiger partial charge in [0.05, 0.1) is 11.1 Å². The molecule has 0 saturated heterocycles. The molecule has 1 aliphatic carbocycles. The number of rotatable bonds is 2. The molecule has 1 aliphatic rings. The fourth-order valence-corrected chi connectivity index (χ4v) is 2.07. The van der Waals surface area contributed by atoms with Crippen LogP contribution >= 0.6 is 11.3 Å². The van der Waals surface area contributed by atoms with Crippen molar-refractivity contribution >= 4 is 22.5 Å². The van der Waals surface area contributed by atoms with E-state index in [4.69, 9.17) is 5.11 Å². The van der Waals surface area contributed by atoms with Gasteiger partial charge in [-0.1, -0.05) is 23.2 Å². The summed E-state index contributed by atoms with van der Waals surface area (Å²) in [5.41, 5.74) is 0. The van der Waals surface area contributed by atoms with Gasteiger partial charge in [0.2, 0.25) is 0 Å². The van der Waals surface area contributed by atoms with Crippen LogP contribution in [0, 0.1) is 11.8 Å². The Morgan fingerprint density at radius 2 is 2.47 bits per heavy atom. The molecule has 1 aromatic rings. The van der Waals surface area contributed by atoms with Crippen LogP contribution in [0.2, 0.25) is 0 Å². The number of aliphatic hydroxyl groups is 1. The summed E-state index contributed by atoms with van der Waals surface area (Å²) in [6.07, 6.45) is 4.87. The average molecular weight is 251 g/mol. The maximum Gasteiger partial charge on any atom is 0.321 e. The van der Waals surface area contributed by atoms with E-state index in [9.17, 15) is 4.79 Å². The summed E-state index contributed by atoms with van der Waals surface area (Å²) in [6.45, 7) is -0.178. The van der Waals surface area contributed by atoms with Gasteiger partial charge in [-0.25, -0.2) is 9.78 Å². The molecule has 1 saturated carbocycles. The van der Waals surface area contributed by atoms with E-state index in [1.165, 1.54) is 17.8 Å². The third kappa shape index (κ3) is 3.44. The number of thiazole rings is 1. The van der Waals surface area contributed by atoms with Crippen molar-refractivity contribution in [1.29, 1.82) is 0 Å². The second-order valence-electron chi connectivity index (χ2n) is 3.72. The molecule has 1 heterocycles. The van der Waals surface area contributed by atoms with Crippen LogP contribution in [0.4, 0.5) is 9.93 Å². The second-order valence-corrected chi connectivity index (χ2v) is 4.75. The van der Waals surface area contributed by atoms with E-state index in [1.54, 1.807) is 6.20 Å². The van der Waals surface area contributed by atoms with Crippen molar-refractivity contribution in [2.45, 2.75) is 25.3 Å².